The van der Waals surface area contributed by atoms with Gasteiger partial charge in [0.2, 0.25) is 0 Å². The van der Waals surface area contributed by atoms with Crippen molar-refractivity contribution in [2.45, 2.75) is 54.7 Å². The smallest absolute Gasteiger partial charge is 0.261 e. The summed E-state index contributed by atoms with van der Waals surface area (Å²) < 4.78 is 28.4. The van der Waals surface area contributed by atoms with Crippen molar-refractivity contribution in [2.24, 2.45) is 0 Å². The summed E-state index contributed by atoms with van der Waals surface area (Å²) in [5.74, 6) is -0.257. The van der Waals surface area contributed by atoms with Gasteiger partial charge in [0.05, 0.1) is 16.1 Å². The number of nitrogens with one attached hydrogen (secondary N) is 2. The predicted octanol–water partition coefficient (Wildman–Crippen LogP) is 5.79. The van der Waals surface area contributed by atoms with E-state index in [1.807, 2.05) is 32.0 Å². The van der Waals surface area contributed by atoms with Gasteiger partial charge in [-0.15, -0.1) is 11.8 Å². The molecule has 3 aromatic rings. The number of thioether (sulfide) groups is 1. The zero-order chi connectivity index (χ0) is 23.4. The fourth-order valence-corrected chi connectivity index (χ4v) is 6.40. The minimum atomic E-state index is -3.75. The number of benzene rings is 2. The number of sulfonamides is 1. The average molecular weight is 482 g/mol. The van der Waals surface area contributed by atoms with Crippen LogP contribution in [0.15, 0.2) is 70.7 Å². The van der Waals surface area contributed by atoms with E-state index >= 15 is 0 Å². The van der Waals surface area contributed by atoms with Gasteiger partial charge in [0.25, 0.3) is 15.9 Å². The predicted molar refractivity (Wildman–Crippen MR) is 133 cm³/mol. The number of hydrogen-bond donors (Lipinski definition) is 2. The van der Waals surface area contributed by atoms with Gasteiger partial charge in [-0.2, -0.15) is 0 Å². The van der Waals surface area contributed by atoms with Gasteiger partial charge in [-0.25, -0.2) is 13.4 Å². The molecule has 8 heteroatoms. The van der Waals surface area contributed by atoms with Gasteiger partial charge in [0, 0.05) is 17.1 Å². The van der Waals surface area contributed by atoms with Crippen molar-refractivity contribution in [2.75, 3.05) is 10.0 Å². The molecule has 1 heterocycles. The van der Waals surface area contributed by atoms with Crippen LogP contribution in [0.2, 0.25) is 0 Å². The van der Waals surface area contributed by atoms with Gasteiger partial charge in [-0.05, 0) is 74.2 Å². The largest absolute Gasteiger partial charge is 0.322 e. The van der Waals surface area contributed by atoms with Gasteiger partial charge >= 0.3 is 0 Å². The molecular weight excluding hydrogens is 454 g/mol. The maximum atomic E-state index is 12.9. The molecule has 1 aliphatic carbocycles. The molecule has 1 fully saturated rings. The van der Waals surface area contributed by atoms with Crippen molar-refractivity contribution in [1.82, 2.24) is 4.98 Å². The molecule has 2 N–H and O–H groups in total. The Kier molecular flexibility index (Phi) is 7.05. The molecule has 1 aromatic heterocycles. The zero-order valence-electron chi connectivity index (χ0n) is 18.7. The van der Waals surface area contributed by atoms with Gasteiger partial charge in [0.15, 0.2) is 0 Å². The second kappa shape index (κ2) is 9.97. The molecule has 0 radical (unpaired) electrons. The number of carbonyl (C=O) groups is 1. The van der Waals surface area contributed by atoms with Gasteiger partial charge in [0.1, 0.15) is 5.03 Å². The summed E-state index contributed by atoms with van der Waals surface area (Å²) in [4.78, 5) is 17.5. The third-order valence-corrected chi connectivity index (χ3v) is 8.46. The number of aromatic nitrogens is 1. The average Bonchev–Trinajstić information content (AvgIpc) is 3.30. The number of rotatable bonds is 7. The Bertz CT molecular complexity index is 1230. The molecule has 172 valence electrons. The van der Waals surface area contributed by atoms with Crippen molar-refractivity contribution in [1.29, 1.82) is 0 Å². The maximum Gasteiger partial charge on any atom is 0.261 e. The molecule has 2 aromatic carbocycles. The fourth-order valence-electron chi connectivity index (χ4n) is 3.91. The van der Waals surface area contributed by atoms with E-state index in [4.69, 9.17) is 0 Å². The Labute approximate surface area is 199 Å². The lowest BCUT2D eigenvalue weighted by atomic mass is 10.1. The number of para-hydroxylation sites is 1. The van der Waals surface area contributed by atoms with Crippen LogP contribution in [0.25, 0.3) is 0 Å². The lowest BCUT2D eigenvalue weighted by Crippen LogP contribution is -2.16. The minimum absolute atomic E-state index is 0.127. The first kappa shape index (κ1) is 23.3. The Morgan fingerprint density at radius 1 is 0.970 bits per heavy atom. The van der Waals surface area contributed by atoms with Crippen molar-refractivity contribution >= 4 is 39.1 Å². The van der Waals surface area contributed by atoms with Gasteiger partial charge in [-0.1, -0.05) is 31.0 Å². The zero-order valence-corrected chi connectivity index (χ0v) is 20.3. The van der Waals surface area contributed by atoms with Crippen LogP contribution in [0, 0.1) is 13.8 Å². The van der Waals surface area contributed by atoms with E-state index in [-0.39, 0.29) is 10.8 Å². The number of carbonyl (C=O) groups excluding carboxylic acids is 1. The van der Waals surface area contributed by atoms with Crippen LogP contribution in [-0.4, -0.2) is 24.6 Å². The molecule has 4 rings (SSSR count). The second-order valence-electron chi connectivity index (χ2n) is 8.23. The van der Waals surface area contributed by atoms with Crippen molar-refractivity contribution in [3.05, 3.63) is 77.5 Å². The Hall–Kier alpha value is -2.84. The minimum Gasteiger partial charge on any atom is -0.322 e. The standard InChI is InChI=1S/C25H27N3O3S2/c1-17-7-5-8-18(2)23(17)28-33(30,31)21-14-12-19(13-15-21)27-24(29)22-11-6-16-26-25(22)32-20-9-3-4-10-20/h5-8,11-16,20,28H,3-4,9-10H2,1-2H3,(H,27,29). The number of amides is 1. The highest BCUT2D eigenvalue weighted by Crippen LogP contribution is 2.35. The van der Waals surface area contributed by atoms with Crippen LogP contribution in [0.4, 0.5) is 11.4 Å². The van der Waals surface area contributed by atoms with Crippen molar-refractivity contribution in [3.8, 4) is 0 Å². The molecule has 1 saturated carbocycles. The van der Waals surface area contributed by atoms with Crippen LogP contribution >= 0.6 is 11.8 Å². The topological polar surface area (TPSA) is 88.2 Å². The fraction of sp³-hybridized carbons (Fsp3) is 0.280. The van der Waals surface area contributed by atoms with Crippen molar-refractivity contribution < 1.29 is 13.2 Å². The van der Waals surface area contributed by atoms with E-state index in [0.29, 0.717) is 22.2 Å². The monoisotopic (exact) mass is 481 g/mol. The summed E-state index contributed by atoms with van der Waals surface area (Å²) in [5.41, 5.74) is 3.34. The van der Waals surface area contributed by atoms with Gasteiger partial charge < -0.3 is 5.32 Å². The van der Waals surface area contributed by atoms with Crippen LogP contribution in [0.3, 0.4) is 0 Å². The summed E-state index contributed by atoms with van der Waals surface area (Å²) in [5, 5.41) is 4.10. The summed E-state index contributed by atoms with van der Waals surface area (Å²) in [6, 6.07) is 15.3. The van der Waals surface area contributed by atoms with Gasteiger partial charge in [-0.3, -0.25) is 9.52 Å². The quantitative estimate of drug-likeness (QED) is 0.446. The number of anilines is 2. The van der Waals surface area contributed by atoms with E-state index in [1.165, 1.54) is 25.0 Å². The summed E-state index contributed by atoms with van der Waals surface area (Å²) >= 11 is 1.67. The summed E-state index contributed by atoms with van der Waals surface area (Å²) in [7, 11) is -3.75. The molecule has 33 heavy (non-hydrogen) atoms. The molecule has 0 spiro atoms. The molecule has 0 atom stereocenters. The van der Waals surface area contributed by atoms with E-state index in [0.717, 1.165) is 29.0 Å². The normalized spacial score (nSPS) is 14.2. The molecule has 6 nitrogen and oxygen atoms in total. The molecule has 0 unspecified atom stereocenters. The second-order valence-corrected chi connectivity index (χ2v) is 11.2. The maximum absolute atomic E-state index is 12.9. The molecule has 1 aliphatic rings. The first-order valence-electron chi connectivity index (χ1n) is 11.0. The number of aryl methyl sites for hydroxylation is 2. The molecular formula is C25H27N3O3S2. The summed E-state index contributed by atoms with van der Waals surface area (Å²) in [6.07, 6.45) is 6.44. The van der Waals surface area contributed by atoms with Crippen LogP contribution < -0.4 is 10.0 Å². The lowest BCUT2D eigenvalue weighted by Gasteiger charge is -2.14. The summed E-state index contributed by atoms with van der Waals surface area (Å²) in [6.45, 7) is 3.72. The highest BCUT2D eigenvalue weighted by Gasteiger charge is 2.21. The lowest BCUT2D eigenvalue weighted by molar-refractivity contribution is 0.102. The van der Waals surface area contributed by atoms with E-state index < -0.39 is 10.0 Å². The van der Waals surface area contributed by atoms with E-state index in [1.54, 1.807) is 42.2 Å². The Balaban J connectivity index is 1.47. The highest BCUT2D eigenvalue weighted by atomic mass is 32.2. The van der Waals surface area contributed by atoms with Crippen LogP contribution in [0.1, 0.15) is 47.2 Å². The van der Waals surface area contributed by atoms with Crippen LogP contribution in [-0.2, 0) is 10.0 Å². The first-order chi connectivity index (χ1) is 15.8. The third kappa shape index (κ3) is 5.57. The molecule has 0 bridgehead atoms. The Morgan fingerprint density at radius 2 is 1.64 bits per heavy atom. The number of pyridine rings is 1. The number of nitrogens with zero attached hydrogens (tertiary/aromatic N) is 1. The van der Waals surface area contributed by atoms with E-state index in [2.05, 4.69) is 15.0 Å². The molecule has 0 aliphatic heterocycles. The SMILES string of the molecule is Cc1cccc(C)c1NS(=O)(=O)c1ccc(NC(=O)c2cccnc2SC2CCCC2)cc1. The first-order valence-corrected chi connectivity index (χ1v) is 13.3. The molecule has 0 saturated heterocycles. The highest BCUT2D eigenvalue weighted by molar-refractivity contribution is 8.00. The Morgan fingerprint density at radius 3 is 2.30 bits per heavy atom. The third-order valence-electron chi connectivity index (χ3n) is 5.74. The van der Waals surface area contributed by atoms with Crippen LogP contribution in [0.5, 0.6) is 0 Å². The molecule has 1 amide bonds. The number of hydrogen-bond acceptors (Lipinski definition) is 5. The van der Waals surface area contributed by atoms with E-state index in [9.17, 15) is 13.2 Å². The van der Waals surface area contributed by atoms with Crippen molar-refractivity contribution in [3.63, 3.8) is 0 Å².